The molecule has 256 valence electrons. The zero-order chi connectivity index (χ0) is 35.0. The van der Waals surface area contributed by atoms with Crippen LogP contribution in [0.2, 0.25) is 0 Å². The zero-order valence-corrected chi connectivity index (χ0v) is 27.9. The Morgan fingerprint density at radius 1 is 0.694 bits per heavy atom. The molecule has 0 aliphatic rings. The standard InChI is InChI=1S/C39H43N3O7/c1-3-4-5-6-7-24-48-33-22-14-30(15-23-33)39(46)49-34-20-10-27(11-21-34)25-35(37(40)44)42-38(45)29-12-16-31(17-13-29)41-36(43)26-28-8-18-32(47-2)19-9-28/h8-23,35H,3-7,24-26H2,1-2H3,(H2,40,44)(H,41,43)(H,42,45). The molecule has 10 nitrogen and oxygen atoms in total. The van der Waals surface area contributed by atoms with Crippen molar-refractivity contribution in [3.63, 3.8) is 0 Å². The minimum atomic E-state index is -0.984. The number of ether oxygens (including phenoxy) is 3. The number of carbonyl (C=O) groups excluding carboxylic acids is 4. The molecular formula is C39H43N3O7. The minimum absolute atomic E-state index is 0.134. The summed E-state index contributed by atoms with van der Waals surface area (Å²) in [7, 11) is 1.58. The van der Waals surface area contributed by atoms with E-state index >= 15 is 0 Å². The Morgan fingerprint density at radius 2 is 1.29 bits per heavy atom. The first-order chi connectivity index (χ1) is 23.7. The fourth-order valence-electron chi connectivity index (χ4n) is 4.98. The number of hydrogen-bond acceptors (Lipinski definition) is 7. The molecule has 1 unspecified atom stereocenters. The average Bonchev–Trinajstić information content (AvgIpc) is 3.11. The summed E-state index contributed by atoms with van der Waals surface area (Å²) in [5.41, 5.74) is 8.35. The van der Waals surface area contributed by atoms with Crippen LogP contribution >= 0.6 is 0 Å². The van der Waals surface area contributed by atoms with Crippen molar-refractivity contribution in [1.82, 2.24) is 5.32 Å². The van der Waals surface area contributed by atoms with E-state index in [0.29, 0.717) is 46.2 Å². The van der Waals surface area contributed by atoms with Crippen LogP contribution in [0.25, 0.3) is 0 Å². The fourth-order valence-corrected chi connectivity index (χ4v) is 4.98. The second-order valence-electron chi connectivity index (χ2n) is 11.6. The zero-order valence-electron chi connectivity index (χ0n) is 27.9. The number of nitrogens with two attached hydrogens (primary N) is 1. The highest BCUT2D eigenvalue weighted by Gasteiger charge is 2.20. The van der Waals surface area contributed by atoms with E-state index in [9.17, 15) is 19.2 Å². The Bertz CT molecular complexity index is 1670. The molecule has 4 aromatic carbocycles. The first-order valence-corrected chi connectivity index (χ1v) is 16.4. The molecule has 0 aromatic heterocycles. The van der Waals surface area contributed by atoms with Crippen LogP contribution in [0, 0.1) is 0 Å². The molecule has 0 saturated carbocycles. The maximum atomic E-state index is 12.9. The van der Waals surface area contributed by atoms with Crippen molar-refractivity contribution < 1.29 is 33.4 Å². The predicted molar refractivity (Wildman–Crippen MR) is 188 cm³/mol. The number of carbonyl (C=O) groups is 4. The highest BCUT2D eigenvalue weighted by Crippen LogP contribution is 2.19. The molecule has 4 rings (SSSR count). The van der Waals surface area contributed by atoms with Crippen LogP contribution in [-0.4, -0.2) is 43.4 Å². The summed E-state index contributed by atoms with van der Waals surface area (Å²) >= 11 is 0. The molecule has 0 bridgehead atoms. The molecule has 1 atom stereocenters. The number of methoxy groups -OCH3 is 1. The second kappa shape index (κ2) is 18.6. The van der Waals surface area contributed by atoms with Crippen molar-refractivity contribution in [3.05, 3.63) is 119 Å². The van der Waals surface area contributed by atoms with E-state index in [-0.39, 0.29) is 18.7 Å². The largest absolute Gasteiger partial charge is 0.497 e. The topological polar surface area (TPSA) is 146 Å². The van der Waals surface area contributed by atoms with Crippen molar-refractivity contribution in [3.8, 4) is 17.2 Å². The van der Waals surface area contributed by atoms with Gasteiger partial charge in [-0.25, -0.2) is 4.79 Å². The maximum absolute atomic E-state index is 12.9. The number of nitrogens with one attached hydrogen (secondary N) is 2. The van der Waals surface area contributed by atoms with Crippen molar-refractivity contribution >= 4 is 29.4 Å². The molecule has 0 aliphatic heterocycles. The van der Waals surface area contributed by atoms with Crippen LogP contribution in [0.3, 0.4) is 0 Å². The van der Waals surface area contributed by atoms with Crippen molar-refractivity contribution in [2.24, 2.45) is 5.73 Å². The molecule has 0 spiro atoms. The third kappa shape index (κ3) is 11.8. The quantitative estimate of drug-likeness (QED) is 0.0645. The highest BCUT2D eigenvalue weighted by atomic mass is 16.5. The summed E-state index contributed by atoms with van der Waals surface area (Å²) in [6, 6.07) is 26.0. The molecule has 0 heterocycles. The normalized spacial score (nSPS) is 11.2. The third-order valence-corrected chi connectivity index (χ3v) is 7.78. The highest BCUT2D eigenvalue weighted by molar-refractivity contribution is 5.98. The van der Waals surface area contributed by atoms with Crippen LogP contribution in [0.15, 0.2) is 97.1 Å². The fraction of sp³-hybridized carbons (Fsp3) is 0.282. The second-order valence-corrected chi connectivity index (χ2v) is 11.6. The molecule has 49 heavy (non-hydrogen) atoms. The number of benzene rings is 4. The van der Waals surface area contributed by atoms with Gasteiger partial charge in [-0.15, -0.1) is 0 Å². The van der Waals surface area contributed by atoms with E-state index in [4.69, 9.17) is 19.9 Å². The van der Waals surface area contributed by atoms with E-state index in [2.05, 4.69) is 17.6 Å². The Morgan fingerprint density at radius 3 is 1.92 bits per heavy atom. The minimum Gasteiger partial charge on any atom is -0.497 e. The molecule has 0 saturated heterocycles. The van der Waals surface area contributed by atoms with Crippen LogP contribution in [0.5, 0.6) is 17.2 Å². The van der Waals surface area contributed by atoms with Gasteiger partial charge in [-0.05, 0) is 90.3 Å². The molecule has 0 aliphatic carbocycles. The summed E-state index contributed by atoms with van der Waals surface area (Å²) < 4.78 is 16.4. The van der Waals surface area contributed by atoms with E-state index in [1.165, 1.54) is 19.3 Å². The number of unbranched alkanes of at least 4 members (excludes halogenated alkanes) is 4. The van der Waals surface area contributed by atoms with Gasteiger partial charge >= 0.3 is 5.97 Å². The first-order valence-electron chi connectivity index (χ1n) is 16.4. The number of hydrogen-bond donors (Lipinski definition) is 3. The summed E-state index contributed by atoms with van der Waals surface area (Å²) in [5.74, 6) is -0.167. The summed E-state index contributed by atoms with van der Waals surface area (Å²) in [6.45, 7) is 2.82. The average molecular weight is 666 g/mol. The number of rotatable bonds is 18. The maximum Gasteiger partial charge on any atom is 0.343 e. The van der Waals surface area contributed by atoms with Crippen LogP contribution in [-0.2, 0) is 22.4 Å². The van der Waals surface area contributed by atoms with Crippen LogP contribution in [0.1, 0.15) is 70.9 Å². The monoisotopic (exact) mass is 665 g/mol. The van der Waals surface area contributed by atoms with Gasteiger partial charge in [-0.1, -0.05) is 56.9 Å². The lowest BCUT2D eigenvalue weighted by atomic mass is 10.0. The lowest BCUT2D eigenvalue weighted by Gasteiger charge is -2.16. The van der Waals surface area contributed by atoms with Gasteiger partial charge in [0.25, 0.3) is 5.91 Å². The SMILES string of the molecule is CCCCCCCOc1ccc(C(=O)Oc2ccc(CC(NC(=O)c3ccc(NC(=O)Cc4ccc(OC)cc4)cc3)C(N)=O)cc2)cc1. The van der Waals surface area contributed by atoms with Gasteiger partial charge in [-0.3, -0.25) is 14.4 Å². The summed E-state index contributed by atoms with van der Waals surface area (Å²) in [4.78, 5) is 50.3. The van der Waals surface area contributed by atoms with Crippen LogP contribution < -0.4 is 30.6 Å². The van der Waals surface area contributed by atoms with Gasteiger partial charge < -0.3 is 30.6 Å². The molecule has 10 heteroatoms. The van der Waals surface area contributed by atoms with Crippen molar-refractivity contribution in [2.45, 2.75) is 57.9 Å². The smallest absolute Gasteiger partial charge is 0.343 e. The Labute approximate surface area is 287 Å². The van der Waals surface area contributed by atoms with Gasteiger partial charge in [-0.2, -0.15) is 0 Å². The van der Waals surface area contributed by atoms with Crippen LogP contribution in [0.4, 0.5) is 5.69 Å². The van der Waals surface area contributed by atoms with E-state index in [0.717, 1.165) is 18.4 Å². The summed E-state index contributed by atoms with van der Waals surface area (Å²) in [6.07, 6.45) is 6.10. The van der Waals surface area contributed by atoms with Gasteiger partial charge in [0.15, 0.2) is 0 Å². The van der Waals surface area contributed by atoms with Gasteiger partial charge in [0, 0.05) is 17.7 Å². The van der Waals surface area contributed by atoms with E-state index in [1.54, 1.807) is 92.0 Å². The summed E-state index contributed by atoms with van der Waals surface area (Å²) in [5, 5.41) is 5.48. The first kappa shape index (κ1) is 36.2. The number of amides is 3. The number of primary amides is 1. The molecule has 4 N–H and O–H groups in total. The lowest BCUT2D eigenvalue weighted by Crippen LogP contribution is -2.45. The molecule has 4 aromatic rings. The Kier molecular flexibility index (Phi) is 13.8. The molecule has 3 amide bonds. The predicted octanol–water partition coefficient (Wildman–Crippen LogP) is 6.27. The van der Waals surface area contributed by atoms with E-state index < -0.39 is 23.8 Å². The van der Waals surface area contributed by atoms with Gasteiger partial charge in [0.05, 0.1) is 25.7 Å². The Balaban J connectivity index is 1.24. The van der Waals surface area contributed by atoms with Crippen molar-refractivity contribution in [1.29, 1.82) is 0 Å². The number of esters is 1. The Hall–Kier alpha value is -5.64. The molecule has 0 fully saturated rings. The van der Waals surface area contributed by atoms with Gasteiger partial charge in [0.1, 0.15) is 23.3 Å². The van der Waals surface area contributed by atoms with E-state index in [1.807, 2.05) is 12.1 Å². The lowest BCUT2D eigenvalue weighted by molar-refractivity contribution is -0.120. The number of anilines is 1. The van der Waals surface area contributed by atoms with Gasteiger partial charge in [0.2, 0.25) is 11.8 Å². The molecule has 0 radical (unpaired) electrons. The third-order valence-electron chi connectivity index (χ3n) is 7.78. The van der Waals surface area contributed by atoms with Crippen molar-refractivity contribution in [2.75, 3.05) is 19.0 Å². The molecular weight excluding hydrogens is 622 g/mol.